The number of piperazine rings is 1. The average molecular weight is 520 g/mol. The third-order valence-corrected chi connectivity index (χ3v) is 6.04. The van der Waals surface area contributed by atoms with E-state index in [1.165, 1.54) is 44.6 Å². The average Bonchev–Trinajstić information content (AvgIpc) is 3.48. The lowest BCUT2D eigenvalue weighted by atomic mass is 9.96. The van der Waals surface area contributed by atoms with Crippen LogP contribution in [0.2, 0.25) is 5.02 Å². The normalized spacial score (nSPS) is 19.8. The largest absolute Gasteiger partial charge is 0.357 e. The molecule has 1 saturated heterocycles. The fourth-order valence-corrected chi connectivity index (χ4v) is 3.93. The number of hydrogen-bond donors (Lipinski definition) is 2. The Hall–Kier alpha value is -0.570. The van der Waals surface area contributed by atoms with Crippen molar-refractivity contribution in [3.8, 4) is 0 Å². The summed E-state index contributed by atoms with van der Waals surface area (Å²) in [5, 5.41) is 7.72. The minimum absolute atomic E-state index is 0. The first-order valence-corrected chi connectivity index (χ1v) is 10.8. The molecule has 0 spiro atoms. The van der Waals surface area contributed by atoms with Crippen LogP contribution in [0.25, 0.3) is 0 Å². The molecule has 0 bridgehead atoms. The molecule has 2 N–H and O–H groups in total. The second-order valence-electron chi connectivity index (χ2n) is 7.69. The van der Waals surface area contributed by atoms with Crippen molar-refractivity contribution in [3.05, 3.63) is 34.9 Å². The SMILES string of the molecule is CCNC(=NCC1(c2cccc(Cl)c2)CC1)NCCN1CCN(CC)CC1.I. The standard InChI is InChI=1S/C21H34ClN5.HI/c1-3-23-20(24-10-11-27-14-12-26(4-2)13-15-27)25-17-21(8-9-21)18-6-5-7-19(22)16-18;/h5-7,16H,3-4,8-15,17H2,1-2H3,(H2,23,24,25);1H. The maximum absolute atomic E-state index is 6.18. The highest BCUT2D eigenvalue weighted by molar-refractivity contribution is 14.0. The molecule has 1 aliphatic carbocycles. The Morgan fingerprint density at radius 2 is 1.82 bits per heavy atom. The van der Waals surface area contributed by atoms with Gasteiger partial charge < -0.3 is 15.5 Å². The molecular weight excluding hydrogens is 485 g/mol. The molecule has 2 fully saturated rings. The van der Waals surface area contributed by atoms with Gasteiger partial charge in [-0.25, -0.2) is 0 Å². The van der Waals surface area contributed by atoms with Crippen molar-refractivity contribution in [3.63, 3.8) is 0 Å². The molecular formula is C21H35ClIN5. The van der Waals surface area contributed by atoms with Crippen LogP contribution in [-0.2, 0) is 5.41 Å². The summed E-state index contributed by atoms with van der Waals surface area (Å²) in [7, 11) is 0. The highest BCUT2D eigenvalue weighted by atomic mass is 127. The summed E-state index contributed by atoms with van der Waals surface area (Å²) in [5.41, 5.74) is 1.51. The van der Waals surface area contributed by atoms with Crippen molar-refractivity contribution in [2.24, 2.45) is 4.99 Å². The number of benzene rings is 1. The third kappa shape index (κ3) is 6.75. The Kier molecular flexibility index (Phi) is 9.80. The zero-order valence-electron chi connectivity index (χ0n) is 17.2. The van der Waals surface area contributed by atoms with Crippen molar-refractivity contribution >= 4 is 41.5 Å². The number of hydrogen-bond acceptors (Lipinski definition) is 3. The smallest absolute Gasteiger partial charge is 0.191 e. The van der Waals surface area contributed by atoms with Crippen LogP contribution < -0.4 is 10.6 Å². The van der Waals surface area contributed by atoms with Gasteiger partial charge in [-0.3, -0.25) is 9.89 Å². The minimum atomic E-state index is 0. The summed E-state index contributed by atoms with van der Waals surface area (Å²) in [5.74, 6) is 0.929. The molecule has 2 aliphatic rings. The van der Waals surface area contributed by atoms with E-state index < -0.39 is 0 Å². The van der Waals surface area contributed by atoms with Crippen LogP contribution in [0.15, 0.2) is 29.3 Å². The van der Waals surface area contributed by atoms with Gasteiger partial charge in [-0.1, -0.05) is 30.7 Å². The fraction of sp³-hybridized carbons (Fsp3) is 0.667. The molecule has 1 aliphatic heterocycles. The number of nitrogens with zero attached hydrogens (tertiary/aromatic N) is 3. The first-order valence-electron chi connectivity index (χ1n) is 10.4. The van der Waals surface area contributed by atoms with Crippen molar-refractivity contribution in [2.75, 3.05) is 58.9 Å². The zero-order chi connectivity index (χ0) is 19.1. The van der Waals surface area contributed by atoms with Crippen molar-refractivity contribution in [1.82, 2.24) is 20.4 Å². The Morgan fingerprint density at radius 1 is 1.11 bits per heavy atom. The van der Waals surface area contributed by atoms with E-state index in [4.69, 9.17) is 16.6 Å². The topological polar surface area (TPSA) is 42.9 Å². The summed E-state index contributed by atoms with van der Waals surface area (Å²) in [6, 6.07) is 8.27. The van der Waals surface area contributed by atoms with E-state index in [0.29, 0.717) is 0 Å². The van der Waals surface area contributed by atoms with E-state index in [9.17, 15) is 0 Å². The lowest BCUT2D eigenvalue weighted by Crippen LogP contribution is -2.49. The predicted octanol–water partition coefficient (Wildman–Crippen LogP) is 3.18. The van der Waals surface area contributed by atoms with Crippen LogP contribution >= 0.6 is 35.6 Å². The van der Waals surface area contributed by atoms with E-state index in [1.807, 2.05) is 12.1 Å². The first kappa shape index (κ1) is 23.7. The summed E-state index contributed by atoms with van der Waals surface area (Å²) >= 11 is 6.18. The number of nitrogens with one attached hydrogen (secondary N) is 2. The van der Waals surface area contributed by atoms with E-state index in [1.54, 1.807) is 0 Å². The van der Waals surface area contributed by atoms with E-state index in [-0.39, 0.29) is 29.4 Å². The maximum Gasteiger partial charge on any atom is 0.191 e. The van der Waals surface area contributed by atoms with Gasteiger partial charge >= 0.3 is 0 Å². The zero-order valence-corrected chi connectivity index (χ0v) is 20.3. The Labute approximate surface area is 192 Å². The number of guanidine groups is 1. The summed E-state index contributed by atoms with van der Waals surface area (Å²) in [4.78, 5) is 9.94. The molecule has 1 aromatic carbocycles. The van der Waals surface area contributed by atoms with Crippen LogP contribution in [0.4, 0.5) is 0 Å². The van der Waals surface area contributed by atoms with Crippen LogP contribution in [0.1, 0.15) is 32.3 Å². The molecule has 0 aromatic heterocycles. The lowest BCUT2D eigenvalue weighted by molar-refractivity contribution is 0.139. The van der Waals surface area contributed by atoms with Crippen LogP contribution in [0.5, 0.6) is 0 Å². The summed E-state index contributed by atoms with van der Waals surface area (Å²) in [6.45, 7) is 13.9. The molecule has 3 rings (SSSR count). The second kappa shape index (κ2) is 11.6. The van der Waals surface area contributed by atoms with E-state index >= 15 is 0 Å². The minimum Gasteiger partial charge on any atom is -0.357 e. The van der Waals surface area contributed by atoms with Crippen LogP contribution in [0.3, 0.4) is 0 Å². The molecule has 1 saturated carbocycles. The van der Waals surface area contributed by atoms with Gasteiger partial charge in [0.2, 0.25) is 0 Å². The van der Waals surface area contributed by atoms with Crippen LogP contribution in [0, 0.1) is 0 Å². The monoisotopic (exact) mass is 519 g/mol. The lowest BCUT2D eigenvalue weighted by Gasteiger charge is -2.34. The molecule has 0 amide bonds. The second-order valence-corrected chi connectivity index (χ2v) is 8.12. The Balaban J connectivity index is 0.00000280. The third-order valence-electron chi connectivity index (χ3n) is 5.81. The summed E-state index contributed by atoms with van der Waals surface area (Å²) in [6.07, 6.45) is 2.38. The van der Waals surface area contributed by atoms with Crippen LogP contribution in [-0.4, -0.2) is 74.7 Å². The van der Waals surface area contributed by atoms with E-state index in [2.05, 4.69) is 46.4 Å². The highest BCUT2D eigenvalue weighted by Gasteiger charge is 2.44. The number of halogens is 2. The highest BCUT2D eigenvalue weighted by Crippen LogP contribution is 2.48. The van der Waals surface area contributed by atoms with Gasteiger partial charge in [0.1, 0.15) is 0 Å². The molecule has 1 heterocycles. The fourth-order valence-electron chi connectivity index (χ4n) is 3.74. The molecule has 0 radical (unpaired) electrons. The molecule has 7 heteroatoms. The van der Waals surface area contributed by atoms with Crippen molar-refractivity contribution in [1.29, 1.82) is 0 Å². The predicted molar refractivity (Wildman–Crippen MR) is 130 cm³/mol. The number of rotatable bonds is 8. The van der Waals surface area contributed by atoms with Gasteiger partial charge in [0.15, 0.2) is 5.96 Å². The summed E-state index contributed by atoms with van der Waals surface area (Å²) < 4.78 is 0. The first-order chi connectivity index (χ1) is 13.1. The molecule has 1 aromatic rings. The maximum atomic E-state index is 6.18. The molecule has 0 atom stereocenters. The number of likely N-dealkylation sites (N-methyl/N-ethyl adjacent to an activating group) is 1. The van der Waals surface area contributed by atoms with Gasteiger partial charge in [0.25, 0.3) is 0 Å². The quantitative estimate of drug-likeness (QED) is 0.315. The molecule has 158 valence electrons. The molecule has 0 unspecified atom stereocenters. The Morgan fingerprint density at radius 3 is 2.43 bits per heavy atom. The Bertz CT molecular complexity index is 627. The van der Waals surface area contributed by atoms with Crippen molar-refractivity contribution < 1.29 is 0 Å². The van der Waals surface area contributed by atoms with Gasteiger partial charge in [-0.05, 0) is 44.0 Å². The van der Waals surface area contributed by atoms with Gasteiger partial charge in [-0.2, -0.15) is 0 Å². The van der Waals surface area contributed by atoms with Crippen molar-refractivity contribution in [2.45, 2.75) is 32.1 Å². The molecule has 5 nitrogen and oxygen atoms in total. The molecule has 28 heavy (non-hydrogen) atoms. The van der Waals surface area contributed by atoms with E-state index in [0.717, 1.165) is 43.7 Å². The number of aliphatic imine (C=N–C) groups is 1. The van der Waals surface area contributed by atoms with Gasteiger partial charge in [-0.15, -0.1) is 24.0 Å². The van der Waals surface area contributed by atoms with Gasteiger partial charge in [0.05, 0.1) is 6.54 Å². The van der Waals surface area contributed by atoms with Gasteiger partial charge in [0, 0.05) is 56.3 Å².